The van der Waals surface area contributed by atoms with Crippen molar-refractivity contribution in [2.24, 2.45) is 5.92 Å². The number of thiazole rings is 1. The Morgan fingerprint density at radius 3 is 2.90 bits per heavy atom. The summed E-state index contributed by atoms with van der Waals surface area (Å²) in [5.41, 5.74) is 1.00. The van der Waals surface area contributed by atoms with Gasteiger partial charge >= 0.3 is 7.60 Å². The van der Waals surface area contributed by atoms with Crippen molar-refractivity contribution >= 4 is 18.9 Å². The van der Waals surface area contributed by atoms with E-state index in [4.69, 9.17) is 0 Å². The topological polar surface area (TPSA) is 82.5 Å². The van der Waals surface area contributed by atoms with Crippen LogP contribution in [-0.4, -0.2) is 26.6 Å². The van der Waals surface area contributed by atoms with Gasteiger partial charge in [-0.15, -0.1) is 11.3 Å². The minimum Gasteiger partial charge on any atom is -0.323 e. The van der Waals surface area contributed by atoms with Gasteiger partial charge in [0.15, 0.2) is 0 Å². The second-order valence-corrected chi connectivity index (χ2v) is 8.72. The summed E-state index contributed by atoms with van der Waals surface area (Å²) in [4.78, 5) is 23.9. The van der Waals surface area contributed by atoms with E-state index in [1.54, 1.807) is 11.3 Å². The summed E-state index contributed by atoms with van der Waals surface area (Å²) in [6.07, 6.45) is 3.74. The first-order valence-electron chi connectivity index (χ1n) is 7.04. The summed E-state index contributed by atoms with van der Waals surface area (Å²) in [5, 5.41) is 5.15. The maximum absolute atomic E-state index is 11.9. The molecule has 0 bridgehead atoms. The number of aryl methyl sites for hydroxylation is 1. The molecule has 1 heterocycles. The van der Waals surface area contributed by atoms with E-state index in [1.165, 1.54) is 0 Å². The quantitative estimate of drug-likeness (QED) is 0.727. The van der Waals surface area contributed by atoms with E-state index in [9.17, 15) is 14.4 Å². The molecular weight excluding hydrogens is 295 g/mol. The lowest BCUT2D eigenvalue weighted by molar-refractivity contribution is 0.212. The molecule has 2 atom stereocenters. The molecule has 2 unspecified atom stereocenters. The molecule has 5 nitrogen and oxygen atoms in total. The number of nitrogens with zero attached hydrogens (tertiary/aromatic N) is 1. The Kier molecular flexibility index (Phi) is 5.03. The zero-order valence-electron chi connectivity index (χ0n) is 12.0. The maximum atomic E-state index is 11.9. The van der Waals surface area contributed by atoms with Crippen LogP contribution in [0, 0.1) is 12.8 Å². The largest absolute Gasteiger partial charge is 0.345 e. The van der Waals surface area contributed by atoms with Gasteiger partial charge in [-0.2, -0.15) is 0 Å². The van der Waals surface area contributed by atoms with E-state index in [1.807, 2.05) is 12.3 Å². The molecule has 2 rings (SSSR count). The fraction of sp³-hybridized carbons (Fsp3) is 0.769. The molecule has 0 amide bonds. The number of nitrogens with one attached hydrogen (secondary N) is 1. The Morgan fingerprint density at radius 1 is 1.60 bits per heavy atom. The average molecular weight is 318 g/mol. The van der Waals surface area contributed by atoms with Crippen LogP contribution in [0.1, 0.15) is 43.3 Å². The summed E-state index contributed by atoms with van der Waals surface area (Å²) in [6.45, 7) is 4.58. The van der Waals surface area contributed by atoms with E-state index in [2.05, 4.69) is 17.2 Å². The molecule has 114 valence electrons. The van der Waals surface area contributed by atoms with Gasteiger partial charge in [-0.1, -0.05) is 19.8 Å². The molecule has 1 aliphatic rings. The van der Waals surface area contributed by atoms with Crippen molar-refractivity contribution in [3.05, 3.63) is 16.1 Å². The highest BCUT2D eigenvalue weighted by molar-refractivity contribution is 7.53. The molecule has 20 heavy (non-hydrogen) atoms. The van der Waals surface area contributed by atoms with Crippen molar-refractivity contribution in [2.45, 2.75) is 51.2 Å². The lowest BCUT2D eigenvalue weighted by Gasteiger charge is -2.41. The Labute approximate surface area is 124 Å². The predicted octanol–water partition coefficient (Wildman–Crippen LogP) is 2.67. The summed E-state index contributed by atoms with van der Waals surface area (Å²) < 4.78 is 11.9. The number of hydrogen-bond acceptors (Lipinski definition) is 4. The van der Waals surface area contributed by atoms with Crippen molar-refractivity contribution in [2.75, 3.05) is 6.54 Å². The zero-order valence-corrected chi connectivity index (χ0v) is 13.7. The second-order valence-electron chi connectivity index (χ2n) is 5.84. The lowest BCUT2D eigenvalue weighted by Crippen LogP contribution is -2.48. The Hall–Kier alpha value is -0.260. The van der Waals surface area contributed by atoms with Gasteiger partial charge in [-0.3, -0.25) is 4.57 Å². The van der Waals surface area contributed by atoms with Gasteiger partial charge in [0.05, 0.1) is 5.01 Å². The van der Waals surface area contributed by atoms with Gasteiger partial charge in [0.25, 0.3) is 0 Å². The Morgan fingerprint density at radius 2 is 2.35 bits per heavy atom. The molecule has 0 radical (unpaired) electrons. The van der Waals surface area contributed by atoms with Crippen molar-refractivity contribution in [3.63, 3.8) is 0 Å². The third-order valence-electron chi connectivity index (χ3n) is 3.99. The molecule has 0 aliphatic heterocycles. The van der Waals surface area contributed by atoms with Crippen LogP contribution in [0.3, 0.4) is 0 Å². The van der Waals surface area contributed by atoms with Crippen molar-refractivity contribution in [3.8, 4) is 0 Å². The summed E-state index contributed by atoms with van der Waals surface area (Å²) in [6, 6.07) is 0. The second kappa shape index (κ2) is 6.24. The minimum absolute atomic E-state index is 0.353. The first-order valence-corrected chi connectivity index (χ1v) is 9.53. The molecule has 1 aliphatic carbocycles. The van der Waals surface area contributed by atoms with Gasteiger partial charge in [0.2, 0.25) is 0 Å². The van der Waals surface area contributed by atoms with Crippen molar-refractivity contribution in [1.29, 1.82) is 0 Å². The average Bonchev–Trinajstić information content (AvgIpc) is 2.74. The molecule has 3 N–H and O–H groups in total. The SMILES string of the molecule is Cc1csc(CCNC2(P(=O)(O)O)CCCC(C)C2)n1. The maximum Gasteiger partial charge on any atom is 0.345 e. The van der Waals surface area contributed by atoms with Crippen LogP contribution in [0.5, 0.6) is 0 Å². The van der Waals surface area contributed by atoms with Gasteiger partial charge < -0.3 is 15.1 Å². The van der Waals surface area contributed by atoms with Crippen LogP contribution in [0.15, 0.2) is 5.38 Å². The molecule has 1 fully saturated rings. The molecule has 0 aromatic carbocycles. The third-order valence-corrected chi connectivity index (χ3v) is 6.70. The number of aromatic nitrogens is 1. The Balaban J connectivity index is 2.00. The van der Waals surface area contributed by atoms with Gasteiger partial charge in [-0.25, -0.2) is 4.98 Å². The molecule has 1 saturated carbocycles. The molecule has 0 spiro atoms. The number of rotatable bonds is 5. The van der Waals surface area contributed by atoms with Crippen LogP contribution in [0.25, 0.3) is 0 Å². The molecule has 7 heteroatoms. The first-order chi connectivity index (χ1) is 9.32. The van der Waals surface area contributed by atoms with E-state index in [0.29, 0.717) is 31.7 Å². The molecular formula is C13H23N2O3PS. The van der Waals surface area contributed by atoms with Crippen LogP contribution < -0.4 is 5.32 Å². The van der Waals surface area contributed by atoms with Gasteiger partial charge in [-0.05, 0) is 25.7 Å². The van der Waals surface area contributed by atoms with Crippen molar-refractivity contribution in [1.82, 2.24) is 10.3 Å². The minimum atomic E-state index is -4.15. The standard InChI is InChI=1S/C13H23N2O3PS/c1-10-4-3-6-13(8-10,19(16,17)18)14-7-5-12-15-11(2)9-20-12/h9-10,14H,3-8H2,1-2H3,(H2,16,17,18). The zero-order chi connectivity index (χ0) is 14.8. The third kappa shape index (κ3) is 3.68. The van der Waals surface area contributed by atoms with Crippen LogP contribution in [0.2, 0.25) is 0 Å². The van der Waals surface area contributed by atoms with E-state index >= 15 is 0 Å². The fourth-order valence-electron chi connectivity index (χ4n) is 2.97. The summed E-state index contributed by atoms with van der Waals surface area (Å²) in [5.74, 6) is 0.353. The summed E-state index contributed by atoms with van der Waals surface area (Å²) >= 11 is 1.60. The molecule has 1 aromatic heterocycles. The van der Waals surface area contributed by atoms with Crippen LogP contribution >= 0.6 is 18.9 Å². The summed E-state index contributed by atoms with van der Waals surface area (Å²) in [7, 11) is -4.15. The smallest absolute Gasteiger partial charge is 0.323 e. The predicted molar refractivity (Wildman–Crippen MR) is 81.0 cm³/mol. The molecule has 1 aromatic rings. The normalized spacial score (nSPS) is 27.7. The highest BCUT2D eigenvalue weighted by Crippen LogP contribution is 2.56. The van der Waals surface area contributed by atoms with Crippen LogP contribution in [-0.2, 0) is 11.0 Å². The number of hydrogen-bond donors (Lipinski definition) is 3. The van der Waals surface area contributed by atoms with Crippen molar-refractivity contribution < 1.29 is 14.4 Å². The highest BCUT2D eigenvalue weighted by Gasteiger charge is 2.48. The highest BCUT2D eigenvalue weighted by atomic mass is 32.1. The van der Waals surface area contributed by atoms with E-state index < -0.39 is 12.9 Å². The molecule has 0 saturated heterocycles. The van der Waals surface area contributed by atoms with Crippen LogP contribution in [0.4, 0.5) is 0 Å². The fourth-order valence-corrected chi connectivity index (χ4v) is 5.06. The lowest BCUT2D eigenvalue weighted by atomic mass is 9.86. The van der Waals surface area contributed by atoms with E-state index in [-0.39, 0.29) is 0 Å². The van der Waals surface area contributed by atoms with E-state index in [0.717, 1.165) is 23.5 Å². The van der Waals surface area contributed by atoms with Gasteiger partial charge in [0, 0.05) is 24.0 Å². The Bertz CT molecular complexity index is 502. The first kappa shape index (κ1) is 16.1. The van der Waals surface area contributed by atoms with Gasteiger partial charge in [0.1, 0.15) is 5.28 Å². The monoisotopic (exact) mass is 318 g/mol.